The molecule has 0 unspecified atom stereocenters. The van der Waals surface area contributed by atoms with Crippen LogP contribution < -0.4 is 0 Å². The van der Waals surface area contributed by atoms with E-state index in [2.05, 4.69) is 60.7 Å². The van der Waals surface area contributed by atoms with Gasteiger partial charge < -0.3 is 5.11 Å². The van der Waals surface area contributed by atoms with Crippen molar-refractivity contribution in [1.29, 1.82) is 0 Å². The summed E-state index contributed by atoms with van der Waals surface area (Å²) in [6, 6.07) is 21.4. The number of hydrogen-bond donors (Lipinski definition) is 1. The van der Waals surface area contributed by atoms with Crippen molar-refractivity contribution in [3.05, 3.63) is 71.8 Å². The topological polar surface area (TPSA) is 20.2 Å². The highest BCUT2D eigenvalue weighted by molar-refractivity contribution is 7.58. The molecule has 1 N–H and O–H groups in total. The fourth-order valence-electron chi connectivity index (χ4n) is 3.13. The summed E-state index contributed by atoms with van der Waals surface area (Å²) in [5.41, 5.74) is 3.93. The number of aliphatic hydroxyl groups is 1. The Hall–Kier alpha value is -1.11. The van der Waals surface area contributed by atoms with Crippen LogP contribution in [0.3, 0.4) is 0 Å². The zero-order chi connectivity index (χ0) is 13.1. The van der Waals surface area contributed by atoms with Crippen LogP contribution in [0.25, 0.3) is 0 Å². The Kier molecular flexibility index (Phi) is 5.40. The predicted octanol–water partition coefficient (Wildman–Crippen LogP) is 3.51. The molecular weight excluding hydrogens is 262 g/mol. The Labute approximate surface area is 124 Å². The maximum absolute atomic E-state index is 9.86. The van der Waals surface area contributed by atoms with Gasteiger partial charge in [-0.1, -0.05) is 68.6 Å². The molecule has 3 rings (SSSR count). The second-order valence-corrected chi connectivity index (χ2v) is 7.64. The SMILES string of the molecule is B.OCP1[C@H](c2ccccc2)CC[C@H]1c1ccccc1. The molecule has 2 aromatic rings. The molecule has 3 heteroatoms. The molecule has 0 saturated carbocycles. The Morgan fingerprint density at radius 3 is 1.55 bits per heavy atom. The van der Waals surface area contributed by atoms with Crippen molar-refractivity contribution < 1.29 is 5.11 Å². The van der Waals surface area contributed by atoms with Crippen molar-refractivity contribution in [2.75, 3.05) is 6.35 Å². The zero-order valence-electron chi connectivity index (χ0n) is 10.9. The van der Waals surface area contributed by atoms with E-state index in [4.69, 9.17) is 0 Å². The molecule has 0 amide bonds. The summed E-state index contributed by atoms with van der Waals surface area (Å²) in [5, 5.41) is 9.86. The Morgan fingerprint density at radius 1 is 0.800 bits per heavy atom. The zero-order valence-corrected chi connectivity index (χ0v) is 11.8. The van der Waals surface area contributed by atoms with Crippen molar-refractivity contribution in [3.8, 4) is 0 Å². The van der Waals surface area contributed by atoms with Gasteiger partial charge in [-0.05, 0) is 24.0 Å². The molecule has 104 valence electrons. The van der Waals surface area contributed by atoms with Crippen molar-refractivity contribution in [2.45, 2.75) is 24.2 Å². The largest absolute Gasteiger partial charge is 0.392 e. The molecular formula is C17H22BOP. The van der Waals surface area contributed by atoms with Gasteiger partial charge in [0.05, 0.1) is 14.8 Å². The van der Waals surface area contributed by atoms with Gasteiger partial charge in [0.2, 0.25) is 0 Å². The molecule has 0 bridgehead atoms. The molecule has 1 fully saturated rings. The molecule has 2 aromatic carbocycles. The summed E-state index contributed by atoms with van der Waals surface area (Å²) in [6.45, 7) is 0. The third kappa shape index (κ3) is 2.97. The van der Waals surface area contributed by atoms with E-state index in [1.165, 1.54) is 24.0 Å². The highest BCUT2D eigenvalue weighted by Crippen LogP contribution is 2.69. The molecule has 1 aliphatic rings. The fourth-order valence-corrected chi connectivity index (χ4v) is 6.03. The average Bonchev–Trinajstić information content (AvgIpc) is 2.93. The lowest BCUT2D eigenvalue weighted by Crippen LogP contribution is -1.97. The van der Waals surface area contributed by atoms with Gasteiger partial charge in [-0.15, -0.1) is 0 Å². The predicted molar refractivity (Wildman–Crippen MR) is 91.5 cm³/mol. The van der Waals surface area contributed by atoms with Crippen LogP contribution in [0.2, 0.25) is 0 Å². The monoisotopic (exact) mass is 284 g/mol. The third-order valence-electron chi connectivity index (χ3n) is 4.05. The number of rotatable bonds is 3. The van der Waals surface area contributed by atoms with E-state index in [0.717, 1.165) is 0 Å². The first-order chi connectivity index (χ1) is 9.40. The number of benzene rings is 2. The molecule has 1 aliphatic heterocycles. The van der Waals surface area contributed by atoms with E-state index in [1.807, 2.05) is 0 Å². The normalized spacial score (nSPS) is 22.4. The van der Waals surface area contributed by atoms with Gasteiger partial charge in [-0.25, -0.2) is 0 Å². The van der Waals surface area contributed by atoms with Crippen LogP contribution >= 0.6 is 7.92 Å². The van der Waals surface area contributed by atoms with E-state index < -0.39 is 0 Å². The van der Waals surface area contributed by atoms with E-state index in [-0.39, 0.29) is 16.3 Å². The van der Waals surface area contributed by atoms with Gasteiger partial charge in [-0.3, -0.25) is 0 Å². The molecule has 0 aliphatic carbocycles. The lowest BCUT2D eigenvalue weighted by atomic mass is 10.0. The molecule has 2 atom stereocenters. The quantitative estimate of drug-likeness (QED) is 0.675. The standard InChI is InChI=1S/C17H19OP.BH3/c18-13-19-16(14-7-3-1-4-8-14)11-12-17(19)15-9-5-2-6-10-15;/h1-10,16-18H,11-13H2;1H3/t16-,17-;/m0./s1. The summed E-state index contributed by atoms with van der Waals surface area (Å²) in [6.07, 6.45) is 2.75. The lowest BCUT2D eigenvalue weighted by molar-refractivity contribution is 0.368. The van der Waals surface area contributed by atoms with Gasteiger partial charge in [0, 0.05) is 11.3 Å². The highest BCUT2D eigenvalue weighted by Gasteiger charge is 2.36. The first kappa shape index (κ1) is 15.3. The second-order valence-electron chi connectivity index (χ2n) is 5.09. The van der Waals surface area contributed by atoms with Gasteiger partial charge in [0.1, 0.15) is 0 Å². The van der Waals surface area contributed by atoms with Crippen LogP contribution in [0.5, 0.6) is 0 Å². The van der Waals surface area contributed by atoms with Gasteiger partial charge >= 0.3 is 0 Å². The minimum Gasteiger partial charge on any atom is -0.392 e. The Balaban J connectivity index is 0.00000147. The first-order valence-electron chi connectivity index (χ1n) is 6.86. The first-order valence-corrected chi connectivity index (χ1v) is 8.53. The molecule has 1 heterocycles. The highest BCUT2D eigenvalue weighted by atomic mass is 31.1. The molecule has 1 nitrogen and oxygen atoms in total. The van der Waals surface area contributed by atoms with Crippen molar-refractivity contribution in [2.24, 2.45) is 0 Å². The van der Waals surface area contributed by atoms with E-state index in [1.54, 1.807) is 0 Å². The average molecular weight is 284 g/mol. The van der Waals surface area contributed by atoms with E-state index in [9.17, 15) is 5.11 Å². The maximum atomic E-state index is 9.86. The van der Waals surface area contributed by atoms with Crippen LogP contribution in [-0.2, 0) is 0 Å². The molecule has 0 radical (unpaired) electrons. The maximum Gasteiger partial charge on any atom is 0.0814 e. The molecule has 0 spiro atoms. The summed E-state index contributed by atoms with van der Waals surface area (Å²) in [7, 11) is -0.367. The smallest absolute Gasteiger partial charge is 0.0814 e. The fraction of sp³-hybridized carbons (Fsp3) is 0.294. The van der Waals surface area contributed by atoms with Gasteiger partial charge in [-0.2, -0.15) is 0 Å². The minimum atomic E-state index is -0.367. The van der Waals surface area contributed by atoms with Gasteiger partial charge in [0.15, 0.2) is 0 Å². The minimum absolute atomic E-state index is 0. The van der Waals surface area contributed by atoms with E-state index in [0.29, 0.717) is 17.7 Å². The summed E-state index contributed by atoms with van der Waals surface area (Å²) >= 11 is 0. The Morgan fingerprint density at radius 2 is 1.20 bits per heavy atom. The summed E-state index contributed by atoms with van der Waals surface area (Å²) in [5.74, 6) is 0. The van der Waals surface area contributed by atoms with Crippen molar-refractivity contribution >= 4 is 16.3 Å². The second kappa shape index (κ2) is 7.06. The summed E-state index contributed by atoms with van der Waals surface area (Å²) < 4.78 is 0. The van der Waals surface area contributed by atoms with Crippen LogP contribution in [-0.4, -0.2) is 19.9 Å². The summed E-state index contributed by atoms with van der Waals surface area (Å²) in [4.78, 5) is 0. The van der Waals surface area contributed by atoms with Crippen LogP contribution in [0.4, 0.5) is 0 Å². The Bertz CT molecular complexity index is 470. The van der Waals surface area contributed by atoms with Crippen molar-refractivity contribution in [3.63, 3.8) is 0 Å². The van der Waals surface area contributed by atoms with Crippen molar-refractivity contribution in [1.82, 2.24) is 0 Å². The van der Waals surface area contributed by atoms with E-state index >= 15 is 0 Å². The van der Waals surface area contributed by atoms with Gasteiger partial charge in [0.25, 0.3) is 0 Å². The molecule has 0 aromatic heterocycles. The lowest BCUT2D eigenvalue weighted by Gasteiger charge is -2.24. The van der Waals surface area contributed by atoms with Crippen LogP contribution in [0, 0.1) is 0 Å². The number of aliphatic hydroxyl groups excluding tert-OH is 1. The third-order valence-corrected chi connectivity index (χ3v) is 7.09. The van der Waals surface area contributed by atoms with Crippen LogP contribution in [0.1, 0.15) is 35.3 Å². The molecule has 1 saturated heterocycles. The number of hydrogen-bond acceptors (Lipinski definition) is 1. The molecule has 20 heavy (non-hydrogen) atoms. The van der Waals surface area contributed by atoms with Crippen LogP contribution in [0.15, 0.2) is 60.7 Å².